The smallest absolute Gasteiger partial charge is 0.158 e. The molecule has 1 N–H and O–H groups in total. The summed E-state index contributed by atoms with van der Waals surface area (Å²) in [6, 6.07) is 0. The van der Waals surface area contributed by atoms with Crippen LogP contribution in [0.5, 0.6) is 0 Å². The second kappa shape index (κ2) is 2.70. The Hall–Kier alpha value is -0.0900. The highest BCUT2D eigenvalue weighted by Gasteiger charge is 2.45. The van der Waals surface area contributed by atoms with E-state index in [2.05, 4.69) is 0 Å². The molecule has 3 nitrogen and oxygen atoms in total. The van der Waals surface area contributed by atoms with E-state index < -0.39 is 21.2 Å². The Balaban J connectivity index is 2.34. The van der Waals surface area contributed by atoms with E-state index in [1.807, 2.05) is 0 Å². The first-order chi connectivity index (χ1) is 5.62. The predicted octanol–water partition coefficient (Wildman–Crippen LogP) is 0.477. The Labute approximate surface area is 72.7 Å². The average Bonchev–Trinajstić information content (AvgIpc) is 1.95. The van der Waals surface area contributed by atoms with Crippen molar-refractivity contribution >= 4 is 9.84 Å². The van der Waals surface area contributed by atoms with Gasteiger partial charge in [-0.3, -0.25) is 0 Å². The predicted molar refractivity (Wildman–Crippen MR) is 45.6 cm³/mol. The molecule has 0 saturated carbocycles. The molecule has 12 heavy (non-hydrogen) atoms. The lowest BCUT2D eigenvalue weighted by Gasteiger charge is -2.37. The van der Waals surface area contributed by atoms with Crippen molar-refractivity contribution in [2.45, 2.75) is 48.7 Å². The number of aliphatic hydroxyl groups excluding tert-OH is 1. The molecule has 3 atom stereocenters. The molecule has 2 rings (SSSR count). The van der Waals surface area contributed by atoms with Gasteiger partial charge in [-0.1, -0.05) is 6.42 Å². The summed E-state index contributed by atoms with van der Waals surface area (Å²) in [7, 11) is -2.96. The van der Waals surface area contributed by atoms with Crippen molar-refractivity contribution < 1.29 is 13.5 Å². The van der Waals surface area contributed by atoms with E-state index >= 15 is 0 Å². The molecule has 0 aromatic heterocycles. The van der Waals surface area contributed by atoms with Gasteiger partial charge in [-0.2, -0.15) is 0 Å². The Kier molecular flexibility index (Phi) is 1.92. The van der Waals surface area contributed by atoms with Gasteiger partial charge in [-0.15, -0.1) is 0 Å². The van der Waals surface area contributed by atoms with Gasteiger partial charge < -0.3 is 5.11 Å². The van der Waals surface area contributed by atoms with Crippen LogP contribution in [-0.2, 0) is 9.84 Å². The summed E-state index contributed by atoms with van der Waals surface area (Å²) < 4.78 is 23.3. The van der Waals surface area contributed by atoms with Crippen LogP contribution in [0.2, 0.25) is 0 Å². The van der Waals surface area contributed by atoms with Crippen LogP contribution in [0.25, 0.3) is 0 Å². The van der Waals surface area contributed by atoms with E-state index in [0.29, 0.717) is 19.3 Å². The molecule has 0 aromatic carbocycles. The van der Waals surface area contributed by atoms with E-state index in [1.165, 1.54) is 0 Å². The second-order valence-corrected chi connectivity index (χ2v) is 6.28. The van der Waals surface area contributed by atoms with E-state index in [9.17, 15) is 13.5 Å². The summed E-state index contributed by atoms with van der Waals surface area (Å²) >= 11 is 0. The van der Waals surface area contributed by atoms with Crippen LogP contribution in [0.1, 0.15) is 32.1 Å². The molecule has 0 aromatic rings. The molecular formula is C8H14O3S. The van der Waals surface area contributed by atoms with Crippen LogP contribution in [0.15, 0.2) is 0 Å². The van der Waals surface area contributed by atoms with Gasteiger partial charge in [-0.25, -0.2) is 8.42 Å². The lowest BCUT2D eigenvalue weighted by Crippen LogP contribution is -2.47. The third-order valence-corrected chi connectivity index (χ3v) is 5.91. The molecule has 70 valence electrons. The van der Waals surface area contributed by atoms with Crippen molar-refractivity contribution in [2.75, 3.05) is 0 Å². The molecule has 0 amide bonds. The molecule has 0 unspecified atom stereocenters. The third kappa shape index (κ3) is 1.09. The first kappa shape index (κ1) is 8.51. The van der Waals surface area contributed by atoms with Crippen molar-refractivity contribution in [3.63, 3.8) is 0 Å². The second-order valence-electron chi connectivity index (χ2n) is 3.83. The number of fused-ring (bicyclic) bond motifs is 2. The number of rotatable bonds is 0. The van der Waals surface area contributed by atoms with E-state index in [-0.39, 0.29) is 5.25 Å². The Bertz CT molecular complexity index is 270. The minimum Gasteiger partial charge on any atom is -0.392 e. The number of sulfone groups is 1. The quantitative estimate of drug-likeness (QED) is 0.604. The highest BCUT2D eigenvalue weighted by Crippen LogP contribution is 2.36. The van der Waals surface area contributed by atoms with Crippen LogP contribution in [0.3, 0.4) is 0 Å². The highest BCUT2D eigenvalue weighted by atomic mass is 32.2. The average molecular weight is 190 g/mol. The zero-order chi connectivity index (χ0) is 8.77. The number of aliphatic hydroxyl groups is 1. The van der Waals surface area contributed by atoms with Crippen LogP contribution in [0.4, 0.5) is 0 Å². The maximum atomic E-state index is 11.6. The summed E-state index contributed by atoms with van der Waals surface area (Å²) in [4.78, 5) is 0. The van der Waals surface area contributed by atoms with E-state index in [0.717, 1.165) is 12.8 Å². The molecule has 2 aliphatic heterocycles. The first-order valence-electron chi connectivity index (χ1n) is 4.53. The molecule has 0 radical (unpaired) electrons. The highest BCUT2D eigenvalue weighted by molar-refractivity contribution is 7.92. The normalized spacial score (nSPS) is 45.6. The molecule has 2 saturated heterocycles. The topological polar surface area (TPSA) is 54.4 Å². The van der Waals surface area contributed by atoms with Gasteiger partial charge in [0.2, 0.25) is 0 Å². The van der Waals surface area contributed by atoms with Crippen LogP contribution in [-0.4, -0.2) is 30.1 Å². The standard InChI is InChI=1S/C8H14O3S/c9-7-5-4-6-2-1-3-8(7)12(6,10)11/h6-9H,1-5H2/t6-,7-,8+/m0/s1. The Morgan fingerprint density at radius 2 is 1.83 bits per heavy atom. The number of hydrogen-bond donors (Lipinski definition) is 1. The zero-order valence-corrected chi connectivity index (χ0v) is 7.76. The molecular weight excluding hydrogens is 176 g/mol. The fourth-order valence-electron chi connectivity index (χ4n) is 2.38. The van der Waals surface area contributed by atoms with Gasteiger partial charge in [0.15, 0.2) is 9.84 Å². The summed E-state index contributed by atoms with van der Waals surface area (Å²) in [6.45, 7) is 0. The van der Waals surface area contributed by atoms with Crippen molar-refractivity contribution in [3.05, 3.63) is 0 Å². The van der Waals surface area contributed by atoms with E-state index in [1.54, 1.807) is 0 Å². The molecule has 0 spiro atoms. The van der Waals surface area contributed by atoms with Gasteiger partial charge in [0.05, 0.1) is 16.6 Å². The lowest BCUT2D eigenvalue weighted by atomic mass is 9.97. The summed E-state index contributed by atoms with van der Waals surface area (Å²) in [5, 5.41) is 8.90. The van der Waals surface area contributed by atoms with Crippen LogP contribution in [0, 0.1) is 0 Å². The minimum atomic E-state index is -2.96. The van der Waals surface area contributed by atoms with Crippen molar-refractivity contribution in [2.24, 2.45) is 0 Å². The molecule has 2 bridgehead atoms. The van der Waals surface area contributed by atoms with Gasteiger partial charge in [0, 0.05) is 0 Å². The molecule has 4 heteroatoms. The van der Waals surface area contributed by atoms with Crippen LogP contribution < -0.4 is 0 Å². The fraction of sp³-hybridized carbons (Fsp3) is 1.00. The molecule has 2 heterocycles. The Morgan fingerprint density at radius 1 is 1.08 bits per heavy atom. The monoisotopic (exact) mass is 190 g/mol. The molecule has 2 fully saturated rings. The van der Waals surface area contributed by atoms with Gasteiger partial charge >= 0.3 is 0 Å². The van der Waals surface area contributed by atoms with Crippen molar-refractivity contribution in [3.8, 4) is 0 Å². The minimum absolute atomic E-state index is 0.139. The first-order valence-corrected chi connectivity index (χ1v) is 6.14. The van der Waals surface area contributed by atoms with Crippen LogP contribution >= 0.6 is 0 Å². The maximum Gasteiger partial charge on any atom is 0.158 e. The van der Waals surface area contributed by atoms with Gasteiger partial charge in [0.1, 0.15) is 0 Å². The van der Waals surface area contributed by atoms with Gasteiger partial charge in [0.25, 0.3) is 0 Å². The lowest BCUT2D eigenvalue weighted by molar-refractivity contribution is 0.134. The third-order valence-electron chi connectivity index (χ3n) is 3.11. The Morgan fingerprint density at radius 3 is 2.50 bits per heavy atom. The molecule has 2 aliphatic rings. The van der Waals surface area contributed by atoms with Crippen molar-refractivity contribution in [1.82, 2.24) is 0 Å². The summed E-state index contributed by atoms with van der Waals surface area (Å²) in [5.74, 6) is 0. The SMILES string of the molecule is O=S1(=O)[C@H]2CCC[C@@H]1[C@@H](O)CC2. The molecule has 0 aliphatic carbocycles. The van der Waals surface area contributed by atoms with E-state index in [4.69, 9.17) is 0 Å². The maximum absolute atomic E-state index is 11.6. The summed E-state index contributed by atoms with van der Waals surface area (Å²) in [6.07, 6.45) is 3.19. The number of hydrogen-bond acceptors (Lipinski definition) is 3. The van der Waals surface area contributed by atoms with Gasteiger partial charge in [-0.05, 0) is 25.7 Å². The largest absolute Gasteiger partial charge is 0.392 e. The summed E-state index contributed by atoms with van der Waals surface area (Å²) in [5.41, 5.74) is 0. The fourth-order valence-corrected chi connectivity index (χ4v) is 4.91. The van der Waals surface area contributed by atoms with Crippen molar-refractivity contribution in [1.29, 1.82) is 0 Å². The zero-order valence-electron chi connectivity index (χ0n) is 6.94.